The van der Waals surface area contributed by atoms with Crippen molar-refractivity contribution < 1.29 is 4.79 Å². The second-order valence-corrected chi connectivity index (χ2v) is 2.84. The molecule has 1 aromatic rings. The first kappa shape index (κ1) is 9.44. The maximum atomic E-state index is 10.6. The Balaban J connectivity index is 2.75. The molecular weight excluding hydrogens is 168 g/mol. The molecule has 0 aliphatic heterocycles. The van der Waals surface area contributed by atoms with E-state index in [1.54, 1.807) is 12.4 Å². The van der Waals surface area contributed by atoms with Gasteiger partial charge >= 0.3 is 0 Å². The molecule has 1 heterocycles. The number of carbonyl (C=O) groups excluding carboxylic acids is 1. The van der Waals surface area contributed by atoms with E-state index in [9.17, 15) is 4.79 Å². The minimum atomic E-state index is -0.169. The van der Waals surface area contributed by atoms with Crippen LogP contribution in [0.5, 0.6) is 0 Å². The van der Waals surface area contributed by atoms with Crippen molar-refractivity contribution in [1.82, 2.24) is 9.97 Å². The Bertz CT molecular complexity index is 294. The molecule has 0 saturated heterocycles. The number of nitrogens with one attached hydrogen (secondary N) is 1. The smallest absolute Gasteiger partial charge is 0.229 e. The zero-order valence-corrected chi connectivity index (χ0v) is 7.90. The molecule has 0 aliphatic carbocycles. The third kappa shape index (κ3) is 2.70. The second-order valence-electron chi connectivity index (χ2n) is 2.84. The second kappa shape index (κ2) is 3.84. The van der Waals surface area contributed by atoms with Crippen molar-refractivity contribution in [1.29, 1.82) is 0 Å². The maximum Gasteiger partial charge on any atom is 0.229 e. The summed E-state index contributed by atoms with van der Waals surface area (Å²) in [6.07, 6.45) is 3.30. The van der Waals surface area contributed by atoms with E-state index in [4.69, 9.17) is 0 Å². The predicted octanol–water partition coefficient (Wildman–Crippen LogP) is 0.501. The average molecular weight is 180 g/mol. The Kier molecular flexibility index (Phi) is 2.79. The summed E-state index contributed by atoms with van der Waals surface area (Å²) in [6, 6.07) is 0. The summed E-state index contributed by atoms with van der Waals surface area (Å²) in [4.78, 5) is 20.4. The minimum Gasteiger partial charge on any atom is -0.375 e. The molecule has 0 atom stereocenters. The summed E-state index contributed by atoms with van der Waals surface area (Å²) in [5.41, 5.74) is 0.897. The first-order chi connectivity index (χ1) is 6.09. The number of hydrogen-bond acceptors (Lipinski definition) is 4. The molecule has 70 valence electrons. The molecule has 1 N–H and O–H groups in total. The Morgan fingerprint density at radius 1 is 1.38 bits per heavy atom. The molecule has 0 aliphatic rings. The molecule has 5 nitrogen and oxygen atoms in total. The molecule has 1 amide bonds. The number of aromatic nitrogens is 2. The fraction of sp³-hybridized carbons (Fsp3) is 0.375. The monoisotopic (exact) mass is 180 g/mol. The van der Waals surface area contributed by atoms with E-state index in [-0.39, 0.29) is 5.91 Å². The first-order valence-electron chi connectivity index (χ1n) is 3.86. The maximum absolute atomic E-state index is 10.6. The first-order valence-corrected chi connectivity index (χ1v) is 3.86. The fourth-order valence-electron chi connectivity index (χ4n) is 0.774. The fourth-order valence-corrected chi connectivity index (χ4v) is 0.774. The van der Waals surface area contributed by atoms with Crippen LogP contribution in [-0.2, 0) is 4.79 Å². The lowest BCUT2D eigenvalue weighted by atomic mass is 10.5. The van der Waals surface area contributed by atoms with Crippen molar-refractivity contribution in [2.24, 2.45) is 0 Å². The molecule has 1 rings (SSSR count). The predicted molar refractivity (Wildman–Crippen MR) is 50.7 cm³/mol. The van der Waals surface area contributed by atoms with E-state index in [0.29, 0.717) is 5.95 Å². The zero-order valence-electron chi connectivity index (χ0n) is 7.90. The number of hydrogen-bond donors (Lipinski definition) is 1. The van der Waals surface area contributed by atoms with E-state index in [2.05, 4.69) is 15.3 Å². The standard InChI is InChI=1S/C8H12N4O/c1-6(13)11-8-9-4-7(5-10-8)12(2)3/h4-5H,1-3H3,(H,9,10,11,13). The highest BCUT2D eigenvalue weighted by molar-refractivity contribution is 5.86. The third-order valence-electron chi connectivity index (χ3n) is 1.44. The van der Waals surface area contributed by atoms with Crippen molar-refractivity contribution in [3.05, 3.63) is 12.4 Å². The van der Waals surface area contributed by atoms with Crippen LogP contribution in [0.15, 0.2) is 12.4 Å². The molecule has 0 bridgehead atoms. The van der Waals surface area contributed by atoms with Crippen LogP contribution in [0.3, 0.4) is 0 Å². The number of nitrogens with zero attached hydrogens (tertiary/aromatic N) is 3. The van der Waals surface area contributed by atoms with Crippen LogP contribution < -0.4 is 10.2 Å². The van der Waals surface area contributed by atoms with E-state index in [0.717, 1.165) is 5.69 Å². The lowest BCUT2D eigenvalue weighted by Gasteiger charge is -2.10. The lowest BCUT2D eigenvalue weighted by Crippen LogP contribution is -2.12. The van der Waals surface area contributed by atoms with Gasteiger partial charge in [-0.1, -0.05) is 0 Å². The van der Waals surface area contributed by atoms with Gasteiger partial charge in [-0.25, -0.2) is 9.97 Å². The van der Waals surface area contributed by atoms with Crippen LogP contribution in [-0.4, -0.2) is 30.0 Å². The average Bonchev–Trinajstić information content (AvgIpc) is 2.04. The number of anilines is 2. The van der Waals surface area contributed by atoms with Crippen molar-refractivity contribution in [2.45, 2.75) is 6.92 Å². The molecular formula is C8H12N4O. The van der Waals surface area contributed by atoms with Gasteiger partial charge in [0.05, 0.1) is 18.1 Å². The van der Waals surface area contributed by atoms with Gasteiger partial charge in [0, 0.05) is 21.0 Å². The zero-order chi connectivity index (χ0) is 9.84. The summed E-state index contributed by atoms with van der Waals surface area (Å²) in [6.45, 7) is 1.42. The molecule has 5 heteroatoms. The van der Waals surface area contributed by atoms with Gasteiger partial charge in [-0.3, -0.25) is 10.1 Å². The van der Waals surface area contributed by atoms with Crippen LogP contribution >= 0.6 is 0 Å². The molecule has 0 saturated carbocycles. The van der Waals surface area contributed by atoms with Gasteiger partial charge in [-0.2, -0.15) is 0 Å². The molecule has 0 fully saturated rings. The Morgan fingerprint density at radius 2 is 1.92 bits per heavy atom. The Hall–Kier alpha value is -1.65. The summed E-state index contributed by atoms with van der Waals surface area (Å²) in [5, 5.41) is 2.49. The highest BCUT2D eigenvalue weighted by Crippen LogP contribution is 2.07. The molecule has 0 spiro atoms. The van der Waals surface area contributed by atoms with Crippen molar-refractivity contribution in [3.8, 4) is 0 Å². The van der Waals surface area contributed by atoms with Crippen LogP contribution in [0, 0.1) is 0 Å². The topological polar surface area (TPSA) is 58.1 Å². The van der Waals surface area contributed by atoms with Crippen molar-refractivity contribution >= 4 is 17.5 Å². The number of carbonyl (C=O) groups is 1. The summed E-state index contributed by atoms with van der Waals surface area (Å²) in [7, 11) is 3.80. The molecule has 0 aromatic carbocycles. The Labute approximate surface area is 76.8 Å². The number of amides is 1. The van der Waals surface area contributed by atoms with Gasteiger partial charge in [0.25, 0.3) is 0 Å². The van der Waals surface area contributed by atoms with E-state index in [1.165, 1.54) is 6.92 Å². The summed E-state index contributed by atoms with van der Waals surface area (Å²) < 4.78 is 0. The van der Waals surface area contributed by atoms with E-state index >= 15 is 0 Å². The van der Waals surface area contributed by atoms with E-state index < -0.39 is 0 Å². The summed E-state index contributed by atoms with van der Waals surface area (Å²) >= 11 is 0. The van der Waals surface area contributed by atoms with Crippen LogP contribution in [0.1, 0.15) is 6.92 Å². The van der Waals surface area contributed by atoms with Gasteiger partial charge in [0.15, 0.2) is 0 Å². The van der Waals surface area contributed by atoms with Gasteiger partial charge < -0.3 is 4.90 Å². The summed E-state index contributed by atoms with van der Waals surface area (Å²) in [5.74, 6) is 0.163. The van der Waals surface area contributed by atoms with Gasteiger partial charge in [0.2, 0.25) is 11.9 Å². The highest BCUT2D eigenvalue weighted by atomic mass is 16.1. The van der Waals surface area contributed by atoms with Gasteiger partial charge in [-0.05, 0) is 0 Å². The van der Waals surface area contributed by atoms with Gasteiger partial charge in [-0.15, -0.1) is 0 Å². The van der Waals surface area contributed by atoms with Gasteiger partial charge in [0.1, 0.15) is 0 Å². The van der Waals surface area contributed by atoms with E-state index in [1.807, 2.05) is 19.0 Å². The molecule has 1 aromatic heterocycles. The molecule has 0 radical (unpaired) electrons. The Morgan fingerprint density at radius 3 is 2.31 bits per heavy atom. The molecule has 0 unspecified atom stereocenters. The minimum absolute atomic E-state index is 0.169. The third-order valence-corrected chi connectivity index (χ3v) is 1.44. The van der Waals surface area contributed by atoms with Crippen LogP contribution in [0.25, 0.3) is 0 Å². The number of rotatable bonds is 2. The lowest BCUT2D eigenvalue weighted by molar-refractivity contribution is -0.114. The largest absolute Gasteiger partial charge is 0.375 e. The SMILES string of the molecule is CC(=O)Nc1ncc(N(C)C)cn1. The van der Waals surface area contributed by atoms with Crippen molar-refractivity contribution in [2.75, 3.05) is 24.3 Å². The highest BCUT2D eigenvalue weighted by Gasteiger charge is 1.99. The molecule has 13 heavy (non-hydrogen) atoms. The normalized spacial score (nSPS) is 9.46. The van der Waals surface area contributed by atoms with Crippen LogP contribution in [0.2, 0.25) is 0 Å². The van der Waals surface area contributed by atoms with Crippen molar-refractivity contribution in [3.63, 3.8) is 0 Å². The van der Waals surface area contributed by atoms with Crippen LogP contribution in [0.4, 0.5) is 11.6 Å². The quantitative estimate of drug-likeness (QED) is 0.720.